The van der Waals surface area contributed by atoms with Crippen molar-refractivity contribution in [3.63, 3.8) is 0 Å². The number of hydrogen-bond donors (Lipinski definition) is 0. The maximum atomic E-state index is 4.81. The van der Waals surface area contributed by atoms with Crippen LogP contribution in [-0.2, 0) is 0 Å². The number of aromatic nitrogens is 3. The molecule has 3 heteroatoms. The minimum atomic E-state index is 0.684. The van der Waals surface area contributed by atoms with Crippen LogP contribution < -0.4 is 0 Å². The number of rotatable bonds is 2. The smallest absolute Gasteiger partial charge is 0.164 e. The predicted molar refractivity (Wildman–Crippen MR) is 123 cm³/mol. The average molecular weight is 383 g/mol. The van der Waals surface area contributed by atoms with Gasteiger partial charge in [0.15, 0.2) is 11.6 Å². The summed E-state index contributed by atoms with van der Waals surface area (Å²) >= 11 is 0. The van der Waals surface area contributed by atoms with Crippen LogP contribution in [0.15, 0.2) is 103 Å². The van der Waals surface area contributed by atoms with E-state index in [-0.39, 0.29) is 0 Å². The highest BCUT2D eigenvalue weighted by Crippen LogP contribution is 2.37. The molecule has 0 aliphatic heterocycles. The van der Waals surface area contributed by atoms with Crippen LogP contribution in [0.25, 0.3) is 55.1 Å². The first-order valence-electron chi connectivity index (χ1n) is 9.96. The molecule has 5 aromatic carbocycles. The highest BCUT2D eigenvalue weighted by Gasteiger charge is 2.13. The van der Waals surface area contributed by atoms with Gasteiger partial charge in [-0.25, -0.2) is 15.0 Å². The molecule has 0 N–H and O–H groups in total. The maximum absolute atomic E-state index is 4.81. The Kier molecular flexibility index (Phi) is 3.78. The first-order valence-corrected chi connectivity index (χ1v) is 9.96. The fourth-order valence-electron chi connectivity index (χ4n) is 4.22. The summed E-state index contributed by atoms with van der Waals surface area (Å²) in [6.07, 6.45) is 1.60. The molecule has 0 aliphatic carbocycles. The molecule has 0 radical (unpaired) electrons. The van der Waals surface area contributed by atoms with Crippen LogP contribution in [-0.4, -0.2) is 15.0 Å². The zero-order valence-corrected chi connectivity index (χ0v) is 16.2. The van der Waals surface area contributed by atoms with E-state index in [0.29, 0.717) is 11.6 Å². The average Bonchev–Trinajstić information content (AvgIpc) is 2.84. The van der Waals surface area contributed by atoms with E-state index in [4.69, 9.17) is 4.98 Å². The van der Waals surface area contributed by atoms with Crippen molar-refractivity contribution < 1.29 is 0 Å². The van der Waals surface area contributed by atoms with Crippen LogP contribution >= 0.6 is 0 Å². The van der Waals surface area contributed by atoms with E-state index in [1.807, 2.05) is 30.3 Å². The molecule has 0 aliphatic rings. The quantitative estimate of drug-likeness (QED) is 0.314. The van der Waals surface area contributed by atoms with Crippen molar-refractivity contribution in [3.8, 4) is 22.8 Å². The van der Waals surface area contributed by atoms with E-state index in [9.17, 15) is 0 Å². The lowest BCUT2D eigenvalue weighted by Gasteiger charge is -2.12. The highest BCUT2D eigenvalue weighted by molar-refractivity contribution is 6.22. The van der Waals surface area contributed by atoms with Gasteiger partial charge in [-0.1, -0.05) is 91.0 Å². The third-order valence-corrected chi connectivity index (χ3v) is 5.59. The SMILES string of the molecule is c1ccc(-c2ncnc(-c3cc4ccc5ccccc5c4c4ccccc34)n2)cc1. The fourth-order valence-corrected chi connectivity index (χ4v) is 4.22. The largest absolute Gasteiger partial charge is 0.217 e. The number of fused-ring (bicyclic) bond motifs is 5. The predicted octanol–water partition coefficient (Wildman–Crippen LogP) is 6.67. The minimum absolute atomic E-state index is 0.684. The summed E-state index contributed by atoms with van der Waals surface area (Å²) in [6.45, 7) is 0. The molecule has 30 heavy (non-hydrogen) atoms. The molecular formula is C27H17N3. The van der Waals surface area contributed by atoms with Gasteiger partial charge in [-0.3, -0.25) is 0 Å². The first-order chi connectivity index (χ1) is 14.9. The van der Waals surface area contributed by atoms with E-state index >= 15 is 0 Å². The van der Waals surface area contributed by atoms with Gasteiger partial charge in [0.05, 0.1) is 0 Å². The molecule has 3 nitrogen and oxygen atoms in total. The Balaban J connectivity index is 1.67. The van der Waals surface area contributed by atoms with Gasteiger partial charge >= 0.3 is 0 Å². The lowest BCUT2D eigenvalue weighted by Crippen LogP contribution is -1.96. The van der Waals surface area contributed by atoms with Crippen LogP contribution in [0, 0.1) is 0 Å². The summed E-state index contributed by atoms with van der Waals surface area (Å²) in [6, 6.07) is 33.6. The summed E-state index contributed by atoms with van der Waals surface area (Å²) in [5.74, 6) is 1.37. The van der Waals surface area contributed by atoms with Crippen molar-refractivity contribution in [2.75, 3.05) is 0 Å². The lowest BCUT2D eigenvalue weighted by atomic mass is 9.93. The Hall–Kier alpha value is -4.11. The van der Waals surface area contributed by atoms with Gasteiger partial charge in [-0.2, -0.15) is 0 Å². The molecule has 6 rings (SSSR count). The van der Waals surface area contributed by atoms with Crippen LogP contribution in [0.4, 0.5) is 0 Å². The lowest BCUT2D eigenvalue weighted by molar-refractivity contribution is 1.07. The second-order valence-corrected chi connectivity index (χ2v) is 7.35. The molecule has 0 saturated carbocycles. The van der Waals surface area contributed by atoms with Crippen molar-refractivity contribution in [1.82, 2.24) is 15.0 Å². The van der Waals surface area contributed by atoms with Gasteiger partial charge < -0.3 is 0 Å². The molecule has 0 amide bonds. The molecular weight excluding hydrogens is 366 g/mol. The van der Waals surface area contributed by atoms with Crippen molar-refractivity contribution >= 4 is 32.3 Å². The second kappa shape index (κ2) is 6.75. The Morgan fingerprint density at radius 1 is 0.500 bits per heavy atom. The zero-order valence-electron chi connectivity index (χ0n) is 16.2. The molecule has 140 valence electrons. The molecule has 1 heterocycles. The number of nitrogens with zero attached hydrogens (tertiary/aromatic N) is 3. The maximum Gasteiger partial charge on any atom is 0.164 e. The standard InChI is InChI=1S/C27H17N3/c1-2-9-19(10-3-1)26-28-17-29-27(30-26)24-16-20-15-14-18-8-4-5-11-21(18)25(20)23-13-7-6-12-22(23)24/h1-17H. The zero-order chi connectivity index (χ0) is 19.9. The summed E-state index contributed by atoms with van der Waals surface area (Å²) in [5, 5.41) is 7.32. The molecule has 0 fully saturated rings. The minimum Gasteiger partial charge on any atom is -0.217 e. The van der Waals surface area contributed by atoms with Gasteiger partial charge in [0.1, 0.15) is 6.33 Å². The molecule has 0 spiro atoms. The van der Waals surface area contributed by atoms with Gasteiger partial charge in [0, 0.05) is 11.1 Å². The molecule has 0 unspecified atom stereocenters. The summed E-state index contributed by atoms with van der Waals surface area (Å²) in [5.41, 5.74) is 2.00. The van der Waals surface area contributed by atoms with E-state index < -0.39 is 0 Å². The highest BCUT2D eigenvalue weighted by atomic mass is 15.0. The Bertz CT molecular complexity index is 1540. The number of benzene rings is 5. The van der Waals surface area contributed by atoms with Crippen LogP contribution in [0.1, 0.15) is 0 Å². The Morgan fingerprint density at radius 2 is 1.17 bits per heavy atom. The van der Waals surface area contributed by atoms with E-state index in [1.165, 1.54) is 26.9 Å². The molecule has 0 saturated heterocycles. The van der Waals surface area contributed by atoms with Gasteiger partial charge in [0.2, 0.25) is 0 Å². The third kappa shape index (κ3) is 2.64. The van der Waals surface area contributed by atoms with Crippen molar-refractivity contribution in [2.45, 2.75) is 0 Å². The monoisotopic (exact) mass is 383 g/mol. The van der Waals surface area contributed by atoms with Gasteiger partial charge in [-0.05, 0) is 38.4 Å². The van der Waals surface area contributed by atoms with Crippen LogP contribution in [0.3, 0.4) is 0 Å². The normalized spacial score (nSPS) is 11.3. The molecule has 0 atom stereocenters. The summed E-state index contributed by atoms with van der Waals surface area (Å²) in [7, 11) is 0. The summed E-state index contributed by atoms with van der Waals surface area (Å²) < 4.78 is 0. The first kappa shape index (κ1) is 16.8. The van der Waals surface area contributed by atoms with Gasteiger partial charge in [-0.15, -0.1) is 0 Å². The molecule has 6 aromatic rings. The van der Waals surface area contributed by atoms with E-state index in [0.717, 1.165) is 16.5 Å². The topological polar surface area (TPSA) is 38.7 Å². The van der Waals surface area contributed by atoms with Crippen LogP contribution in [0.5, 0.6) is 0 Å². The number of hydrogen-bond acceptors (Lipinski definition) is 3. The Labute approximate surface area is 173 Å². The third-order valence-electron chi connectivity index (χ3n) is 5.59. The van der Waals surface area contributed by atoms with Crippen molar-refractivity contribution in [1.29, 1.82) is 0 Å². The van der Waals surface area contributed by atoms with E-state index in [1.54, 1.807) is 6.33 Å². The van der Waals surface area contributed by atoms with Crippen molar-refractivity contribution in [3.05, 3.63) is 103 Å². The second-order valence-electron chi connectivity index (χ2n) is 7.35. The fraction of sp³-hybridized carbons (Fsp3) is 0. The molecule has 0 bridgehead atoms. The summed E-state index contributed by atoms with van der Waals surface area (Å²) in [4.78, 5) is 13.7. The molecule has 1 aromatic heterocycles. The van der Waals surface area contributed by atoms with Gasteiger partial charge in [0.25, 0.3) is 0 Å². The van der Waals surface area contributed by atoms with Crippen LogP contribution in [0.2, 0.25) is 0 Å². The Morgan fingerprint density at radius 3 is 2.03 bits per heavy atom. The van der Waals surface area contributed by atoms with E-state index in [2.05, 4.69) is 76.7 Å². The van der Waals surface area contributed by atoms with Crippen molar-refractivity contribution in [2.24, 2.45) is 0 Å².